The summed E-state index contributed by atoms with van der Waals surface area (Å²) in [7, 11) is 1.48. The van der Waals surface area contributed by atoms with E-state index in [0.29, 0.717) is 34.2 Å². The maximum Gasteiger partial charge on any atom is 0.245 e. The van der Waals surface area contributed by atoms with Gasteiger partial charge in [0.05, 0.1) is 51.4 Å². The number of aliphatic hydroxyl groups excluding tert-OH is 3. The van der Waals surface area contributed by atoms with Crippen LogP contribution < -0.4 is 80.2 Å². The summed E-state index contributed by atoms with van der Waals surface area (Å²) in [5.41, 5.74) is 8.88. The number of aromatic amines is 2. The number of primary amides is 1. The fourth-order valence-corrected chi connectivity index (χ4v) is 13.0. The molecular formula is C81H116N18O20. The number of imidazole rings is 1. The van der Waals surface area contributed by atoms with Crippen LogP contribution in [0.1, 0.15) is 128 Å². The summed E-state index contributed by atoms with van der Waals surface area (Å²) >= 11 is 0. The number of para-hydroxylation sites is 1. The Morgan fingerprint density at radius 1 is 0.580 bits per heavy atom. The first kappa shape index (κ1) is 96.1. The van der Waals surface area contributed by atoms with E-state index in [2.05, 4.69) is 89.4 Å². The fourth-order valence-electron chi connectivity index (χ4n) is 13.0. The van der Waals surface area contributed by atoms with Crippen molar-refractivity contribution in [2.24, 2.45) is 17.6 Å². The Labute approximate surface area is 689 Å². The number of carbonyl (C=O) groups is 15. The molecule has 3 aromatic carbocycles. The Balaban J connectivity index is 1.39. The molecule has 1 aliphatic rings. The lowest BCUT2D eigenvalue weighted by atomic mass is 9.99. The monoisotopic (exact) mass is 1660 g/mol. The molecule has 0 bridgehead atoms. The number of aryl methyl sites for hydroxylation is 1. The molecule has 1 aliphatic heterocycles. The highest BCUT2D eigenvalue weighted by atomic mass is 16.5. The van der Waals surface area contributed by atoms with E-state index in [9.17, 15) is 58.5 Å². The van der Waals surface area contributed by atoms with Gasteiger partial charge in [0.1, 0.15) is 72.5 Å². The molecule has 38 heteroatoms. The number of amides is 15. The third-order valence-electron chi connectivity index (χ3n) is 19.3. The van der Waals surface area contributed by atoms with Crippen molar-refractivity contribution in [3.8, 4) is 0 Å². The van der Waals surface area contributed by atoms with Gasteiger partial charge in [0.2, 0.25) is 88.6 Å². The van der Waals surface area contributed by atoms with Crippen LogP contribution in [0.15, 0.2) is 97.6 Å². The van der Waals surface area contributed by atoms with Gasteiger partial charge in [0.15, 0.2) is 0 Å². The highest BCUT2D eigenvalue weighted by Crippen LogP contribution is 2.21. The van der Waals surface area contributed by atoms with Gasteiger partial charge >= 0.3 is 0 Å². The number of rotatable bonds is 40. The van der Waals surface area contributed by atoms with Crippen molar-refractivity contribution in [1.82, 2.24) is 89.4 Å². The van der Waals surface area contributed by atoms with Gasteiger partial charge in [-0.1, -0.05) is 106 Å². The Morgan fingerprint density at radius 3 is 1.74 bits per heavy atom. The van der Waals surface area contributed by atoms with E-state index >= 15 is 28.8 Å². The van der Waals surface area contributed by atoms with Gasteiger partial charge in [-0.25, -0.2) is 4.98 Å². The number of methoxy groups -OCH3 is 1. The first-order chi connectivity index (χ1) is 56.6. The first-order valence-electron chi connectivity index (χ1n) is 39.7. The lowest BCUT2D eigenvalue weighted by molar-refractivity contribution is -0.137. The fraction of sp³-hybridized carbons (Fsp3) is 0.531. The molecule has 14 atom stereocenters. The zero-order chi connectivity index (χ0) is 87.4. The molecule has 0 saturated carbocycles. The normalized spacial score (nSPS) is 18.8. The number of fused-ring (bicyclic) bond motifs is 1. The Bertz CT molecular complexity index is 4220. The molecule has 0 spiro atoms. The lowest BCUT2D eigenvalue weighted by Gasteiger charge is -2.29. The molecule has 38 nitrogen and oxygen atoms in total. The van der Waals surface area contributed by atoms with Gasteiger partial charge in [-0.15, -0.1) is 0 Å². The van der Waals surface area contributed by atoms with Crippen LogP contribution in [-0.2, 0) is 107 Å². The van der Waals surface area contributed by atoms with E-state index in [4.69, 9.17) is 15.2 Å². The predicted molar refractivity (Wildman–Crippen MR) is 433 cm³/mol. The number of carbonyl (C=O) groups excluding carboxylic acids is 15. The third kappa shape index (κ3) is 32.6. The summed E-state index contributed by atoms with van der Waals surface area (Å²) < 4.78 is 10.3. The third-order valence-corrected chi connectivity index (χ3v) is 19.3. The van der Waals surface area contributed by atoms with Crippen molar-refractivity contribution in [3.05, 3.63) is 126 Å². The highest BCUT2D eigenvalue weighted by molar-refractivity contribution is 6.01. The van der Waals surface area contributed by atoms with E-state index in [0.717, 1.165) is 12.5 Å². The standard InChI is InChI=1S/C81H116N18O20/c1-44(2)33-58(88-49(8)103)78(114)98-68(47(6)101)80(116)96-61(35-50-17-11-10-12-18-50)74(110)95-64-39-67(105)84-28-16-15-21-56(71(107)90-57(26-27-66(82)104)72(108)91-59(34-45(3)4)79(115)99-69(48(7)102)81(117)97-65(42-100)70(106)85-29-30-119-32-31-118-9)89-75(111)62(37-52-40-86-55-20-14-13-19-54(52)55)93-73(109)60(36-51-24-22-46(5)23-25-51)92-76(112)63(94-77(64)113)38-53-41-83-43-87-53/h10-14,17-20,22-25,40-41,43-45,47-48,56-65,68-69,86,100-102H,15-16,21,26-39,42H2,1-9H3,(H2,82,104)(H,83,87)(H,84,105)(H,85,106)(H,88,103)(H,89,111)(H,90,107)(H,91,108)(H,92,112)(H,93,109)(H,94,113)(H,95,110)(H,96,116)(H,97,117)(H,98,114)(H,99,115)/t47?,48-,56+,57+,58+,59+,60+,61+,62+,63+,64+,65+,68+,69+/m1/s1. The molecule has 15 amide bonds. The van der Waals surface area contributed by atoms with Crippen LogP contribution in [0.3, 0.4) is 0 Å². The average Bonchev–Trinajstić information content (AvgIpc) is 1.74. The lowest BCUT2D eigenvalue weighted by Crippen LogP contribution is -2.62. The molecular weight excluding hydrogens is 1540 g/mol. The first-order valence-corrected chi connectivity index (χ1v) is 39.7. The molecule has 1 saturated heterocycles. The molecule has 2 aromatic heterocycles. The van der Waals surface area contributed by atoms with E-state index in [1.807, 2.05) is 6.92 Å². The van der Waals surface area contributed by atoms with Crippen LogP contribution >= 0.6 is 0 Å². The molecule has 119 heavy (non-hydrogen) atoms. The molecule has 0 radical (unpaired) electrons. The summed E-state index contributed by atoms with van der Waals surface area (Å²) in [6, 6.07) is 2.77. The van der Waals surface area contributed by atoms with Gasteiger partial charge in [-0.05, 0) is 93.9 Å². The zero-order valence-corrected chi connectivity index (χ0v) is 68.5. The van der Waals surface area contributed by atoms with Gasteiger partial charge in [0, 0.05) is 88.2 Å². The van der Waals surface area contributed by atoms with Crippen LogP contribution in [0.25, 0.3) is 10.9 Å². The number of aromatic nitrogens is 3. The highest BCUT2D eigenvalue weighted by Gasteiger charge is 2.40. The smallest absolute Gasteiger partial charge is 0.245 e. The van der Waals surface area contributed by atoms with Crippen molar-refractivity contribution in [3.63, 3.8) is 0 Å². The second kappa shape index (κ2) is 48.8. The number of nitrogens with one attached hydrogen (secondary N) is 16. The number of benzene rings is 3. The van der Waals surface area contributed by atoms with Crippen LogP contribution in [-0.4, -0.2) is 250 Å². The minimum Gasteiger partial charge on any atom is -0.394 e. The Morgan fingerprint density at radius 2 is 1.15 bits per heavy atom. The van der Waals surface area contributed by atoms with E-state index in [1.165, 1.54) is 33.5 Å². The second-order valence-electron chi connectivity index (χ2n) is 30.4. The molecule has 5 aromatic rings. The van der Waals surface area contributed by atoms with Gasteiger partial charge in [-0.2, -0.15) is 0 Å². The number of nitrogens with zero attached hydrogens (tertiary/aromatic N) is 1. The van der Waals surface area contributed by atoms with Crippen molar-refractivity contribution in [1.29, 1.82) is 0 Å². The largest absolute Gasteiger partial charge is 0.394 e. The molecule has 6 rings (SSSR count). The minimum atomic E-state index is -1.89. The number of H-pyrrole nitrogens is 2. The molecule has 650 valence electrons. The maximum atomic E-state index is 15.5. The molecule has 1 unspecified atom stereocenters. The van der Waals surface area contributed by atoms with E-state index in [1.54, 1.807) is 113 Å². The summed E-state index contributed by atoms with van der Waals surface area (Å²) in [5.74, 6) is -14.9. The number of ether oxygens (including phenoxy) is 2. The average molecular weight is 1660 g/mol. The Hall–Kier alpha value is -11.7. The van der Waals surface area contributed by atoms with Crippen molar-refractivity contribution >= 4 is 99.5 Å². The quantitative estimate of drug-likeness (QED) is 0.0173. The molecule has 1 fully saturated rings. The number of aliphatic hydroxyl groups is 3. The van der Waals surface area contributed by atoms with Crippen molar-refractivity contribution in [2.75, 3.05) is 46.6 Å². The summed E-state index contributed by atoms with van der Waals surface area (Å²) in [5, 5.41) is 68.9. The van der Waals surface area contributed by atoms with Crippen LogP contribution in [0.4, 0.5) is 0 Å². The zero-order valence-electron chi connectivity index (χ0n) is 68.5. The van der Waals surface area contributed by atoms with E-state index < -0.39 is 199 Å². The number of hydrogen-bond donors (Lipinski definition) is 20. The van der Waals surface area contributed by atoms with Crippen LogP contribution in [0, 0.1) is 18.8 Å². The predicted octanol–water partition coefficient (Wildman–Crippen LogP) is -3.11. The maximum absolute atomic E-state index is 15.5. The summed E-state index contributed by atoms with van der Waals surface area (Å²) in [6.45, 7) is 11.9. The van der Waals surface area contributed by atoms with Crippen molar-refractivity contribution in [2.45, 2.75) is 217 Å². The molecule has 21 N–H and O–H groups in total. The second-order valence-corrected chi connectivity index (χ2v) is 30.4. The summed E-state index contributed by atoms with van der Waals surface area (Å²) in [6.07, 6.45) is -2.28. The summed E-state index contributed by atoms with van der Waals surface area (Å²) in [4.78, 5) is 225. The number of nitrogens with two attached hydrogens (primary N) is 1. The number of hydrogen-bond acceptors (Lipinski definition) is 21. The Kier molecular flexibility index (Phi) is 39.4. The van der Waals surface area contributed by atoms with Gasteiger partial charge in [-0.3, -0.25) is 71.9 Å². The van der Waals surface area contributed by atoms with E-state index in [-0.39, 0.29) is 102 Å². The van der Waals surface area contributed by atoms with Crippen LogP contribution in [0.2, 0.25) is 0 Å². The molecule has 3 heterocycles. The molecule has 0 aliphatic carbocycles. The van der Waals surface area contributed by atoms with Crippen molar-refractivity contribution < 1.29 is 96.7 Å². The van der Waals surface area contributed by atoms with Gasteiger partial charge in [0.25, 0.3) is 0 Å². The SMILES string of the molecule is COCCOCCNC(=O)[C@H](CO)NC(=O)[C@@H](NC(=O)[C@H](CC(C)C)NC(=O)[C@H](CCC(N)=O)NC(=O)[C@@H]1CCCCNC(=O)C[C@H](NC(=O)[C@H](Cc2ccccc2)NC(=O)[C@@H](NC(=O)[C@H](CC(C)C)NC(C)=O)C(C)O)C(=O)N[C@@H](Cc2cnc[nH]2)C(=O)N[C@@H](Cc2ccc(C)cc2)C(=O)N[C@@H](Cc2c[nH]c3ccccc23)C(=O)N1)[C@@H](C)O. The van der Waals surface area contributed by atoms with Crippen LogP contribution in [0.5, 0.6) is 0 Å². The minimum absolute atomic E-state index is 0.00840. The topological polar surface area (TPSA) is 574 Å². The van der Waals surface area contributed by atoms with Gasteiger partial charge < -0.3 is 115 Å².